The summed E-state index contributed by atoms with van der Waals surface area (Å²) in [5.41, 5.74) is 15.5. The molecule has 0 bridgehead atoms. The lowest BCUT2D eigenvalue weighted by Gasteiger charge is -2.19. The van der Waals surface area contributed by atoms with Crippen LogP contribution in [0.1, 0.15) is 33.4 Å². The number of hydrogen-bond donors (Lipinski definition) is 0. The minimum Gasteiger partial charge on any atom is -0.308 e. The van der Waals surface area contributed by atoms with Crippen LogP contribution in [-0.2, 0) is 0 Å². The lowest BCUT2D eigenvalue weighted by molar-refractivity contribution is 1.12. The van der Waals surface area contributed by atoms with Crippen LogP contribution in [0, 0.1) is 68.0 Å². The normalized spacial score (nSPS) is 10.9. The minimum atomic E-state index is 0.350. The van der Waals surface area contributed by atoms with Crippen molar-refractivity contribution in [2.24, 2.45) is 0 Å². The predicted molar refractivity (Wildman–Crippen MR) is 291 cm³/mol. The van der Waals surface area contributed by atoms with E-state index in [0.717, 1.165) is 88.1 Å². The molecular weight excluding hydrogens is 905 g/mol. The summed E-state index contributed by atoms with van der Waals surface area (Å²) in [6, 6.07) is 80.6. The van der Waals surface area contributed by atoms with E-state index in [-0.39, 0.29) is 0 Å². The van der Waals surface area contributed by atoms with Crippen LogP contribution in [0.15, 0.2) is 206 Å². The van der Waals surface area contributed by atoms with Gasteiger partial charge in [-0.25, -0.2) is 0 Å². The van der Waals surface area contributed by atoms with Crippen molar-refractivity contribution in [3.8, 4) is 103 Å². The topological polar surface area (TPSA) is 153 Å². The first-order valence-corrected chi connectivity index (χ1v) is 23.7. The first kappa shape index (κ1) is 44.0. The molecule has 10 aromatic carbocycles. The Balaban J connectivity index is 1.24. The fraction of sp³-hybridized carbons (Fsp3) is 0. The summed E-state index contributed by atoms with van der Waals surface area (Å²) < 4.78 is 4.26. The summed E-state index contributed by atoms with van der Waals surface area (Å²) >= 11 is 0. The highest BCUT2D eigenvalue weighted by Crippen LogP contribution is 2.44. The Morgan fingerprint density at radius 3 is 0.892 bits per heavy atom. The third kappa shape index (κ3) is 7.35. The van der Waals surface area contributed by atoms with Crippen LogP contribution in [0.25, 0.3) is 111 Å². The molecule has 0 unspecified atom stereocenters. The first-order valence-electron chi connectivity index (χ1n) is 23.7. The van der Waals surface area contributed by atoms with Crippen molar-refractivity contribution in [1.82, 2.24) is 9.13 Å². The van der Waals surface area contributed by atoms with Crippen molar-refractivity contribution < 1.29 is 0 Å². The van der Waals surface area contributed by atoms with Crippen LogP contribution in [0.2, 0.25) is 0 Å². The lowest BCUT2D eigenvalue weighted by Crippen LogP contribution is -2.06. The second kappa shape index (κ2) is 17.9. The largest absolute Gasteiger partial charge is 0.308 e. The van der Waals surface area contributed by atoms with Gasteiger partial charge in [0, 0.05) is 21.5 Å². The van der Waals surface area contributed by atoms with Crippen molar-refractivity contribution in [3.63, 3.8) is 0 Å². The van der Waals surface area contributed by atoms with Gasteiger partial charge in [0.1, 0.15) is 11.6 Å². The van der Waals surface area contributed by atoms with E-state index < -0.39 is 0 Å². The predicted octanol–water partition coefficient (Wildman–Crippen LogP) is 15.4. The van der Waals surface area contributed by atoms with E-state index in [9.17, 15) is 31.6 Å². The lowest BCUT2D eigenvalue weighted by atomic mass is 9.96. The van der Waals surface area contributed by atoms with Crippen LogP contribution in [0.5, 0.6) is 0 Å². The van der Waals surface area contributed by atoms with Gasteiger partial charge in [0.15, 0.2) is 0 Å². The molecule has 338 valence electrons. The van der Waals surface area contributed by atoms with Gasteiger partial charge in [-0.3, -0.25) is 0 Å². The molecular formula is C66H34N8. The molecule has 0 spiro atoms. The molecule has 0 saturated carbocycles. The van der Waals surface area contributed by atoms with Gasteiger partial charge in [-0.15, -0.1) is 0 Å². The van der Waals surface area contributed by atoms with E-state index in [2.05, 4.69) is 118 Å². The van der Waals surface area contributed by atoms with E-state index in [1.165, 1.54) is 0 Å². The fourth-order valence-corrected chi connectivity index (χ4v) is 10.4. The molecule has 8 nitrogen and oxygen atoms in total. The zero-order valence-corrected chi connectivity index (χ0v) is 39.2. The molecule has 0 aliphatic heterocycles. The smallest absolute Gasteiger partial charge is 0.104 e. The van der Waals surface area contributed by atoms with E-state index in [1.807, 2.05) is 103 Å². The van der Waals surface area contributed by atoms with Gasteiger partial charge in [0.25, 0.3) is 0 Å². The zero-order chi connectivity index (χ0) is 50.5. The quantitative estimate of drug-likeness (QED) is 0.155. The molecule has 12 aromatic rings. The second-order valence-electron chi connectivity index (χ2n) is 18.0. The number of hydrogen-bond acceptors (Lipinski definition) is 6. The van der Waals surface area contributed by atoms with Gasteiger partial charge in [-0.1, -0.05) is 115 Å². The van der Waals surface area contributed by atoms with Crippen molar-refractivity contribution in [2.45, 2.75) is 0 Å². The average molecular weight is 939 g/mol. The highest BCUT2D eigenvalue weighted by atomic mass is 15.0. The molecule has 0 fully saturated rings. The van der Waals surface area contributed by atoms with Crippen molar-refractivity contribution >= 4 is 43.6 Å². The summed E-state index contributed by atoms with van der Waals surface area (Å²) in [6.07, 6.45) is 0. The molecule has 0 aliphatic carbocycles. The Hall–Kier alpha value is -11.3. The van der Waals surface area contributed by atoms with E-state index in [1.54, 1.807) is 30.3 Å². The molecule has 0 atom stereocenters. The van der Waals surface area contributed by atoms with Gasteiger partial charge in [0.05, 0.1) is 91.6 Å². The zero-order valence-electron chi connectivity index (χ0n) is 39.2. The highest BCUT2D eigenvalue weighted by molar-refractivity contribution is 6.13. The maximum atomic E-state index is 12.0. The highest BCUT2D eigenvalue weighted by Gasteiger charge is 2.25. The molecule has 2 heterocycles. The molecule has 0 saturated heterocycles. The van der Waals surface area contributed by atoms with Crippen molar-refractivity contribution in [1.29, 1.82) is 31.6 Å². The van der Waals surface area contributed by atoms with Gasteiger partial charge in [-0.2, -0.15) is 31.6 Å². The third-order valence-electron chi connectivity index (χ3n) is 13.9. The number of rotatable bonds is 7. The molecule has 74 heavy (non-hydrogen) atoms. The van der Waals surface area contributed by atoms with Crippen LogP contribution < -0.4 is 0 Å². The molecule has 0 N–H and O–H groups in total. The molecule has 2 aromatic heterocycles. The summed E-state index contributed by atoms with van der Waals surface area (Å²) in [6.45, 7) is 0. The number of fused-ring (bicyclic) bond motifs is 6. The Bertz CT molecular complexity index is 4150. The van der Waals surface area contributed by atoms with Crippen LogP contribution in [-0.4, -0.2) is 9.13 Å². The van der Waals surface area contributed by atoms with Crippen LogP contribution in [0.3, 0.4) is 0 Å². The number of aromatic nitrogens is 2. The van der Waals surface area contributed by atoms with Crippen LogP contribution in [0.4, 0.5) is 0 Å². The molecule has 12 rings (SSSR count). The van der Waals surface area contributed by atoms with Gasteiger partial charge < -0.3 is 9.13 Å². The summed E-state index contributed by atoms with van der Waals surface area (Å²) in [4.78, 5) is 0. The summed E-state index contributed by atoms with van der Waals surface area (Å²) in [7, 11) is 0. The fourth-order valence-electron chi connectivity index (χ4n) is 10.4. The summed E-state index contributed by atoms with van der Waals surface area (Å²) in [5, 5.41) is 66.0. The van der Waals surface area contributed by atoms with Gasteiger partial charge in [-0.05, 0) is 147 Å². The molecule has 8 heteroatoms. The van der Waals surface area contributed by atoms with Gasteiger partial charge in [0.2, 0.25) is 0 Å². The van der Waals surface area contributed by atoms with Gasteiger partial charge >= 0.3 is 0 Å². The minimum absolute atomic E-state index is 0.350. The van der Waals surface area contributed by atoms with Crippen LogP contribution >= 0.6 is 0 Å². The monoisotopic (exact) mass is 938 g/mol. The van der Waals surface area contributed by atoms with Crippen molar-refractivity contribution in [2.75, 3.05) is 0 Å². The Labute approximate surface area is 425 Å². The Kier molecular flexibility index (Phi) is 10.7. The number of nitriles is 6. The third-order valence-corrected chi connectivity index (χ3v) is 13.9. The maximum absolute atomic E-state index is 12.0. The Morgan fingerprint density at radius 2 is 0.581 bits per heavy atom. The average Bonchev–Trinajstić information content (AvgIpc) is 3.99. The SMILES string of the molecule is N#Cc1cccc(-c2ccc3c4ccc(-c5cccc(C#N)c5)cc4n(-c4cc(-c5ccccc5C#N)cc(-n5c6cc(-c7cccc(C#N)c7)ccc6c6ccc(-c7cccc(C#N)c7)cc65)c4C#N)c3c2)c1. The molecule has 0 amide bonds. The van der Waals surface area contributed by atoms with E-state index in [0.29, 0.717) is 55.9 Å². The molecule has 0 radical (unpaired) electrons. The maximum Gasteiger partial charge on any atom is 0.104 e. The Morgan fingerprint density at radius 1 is 0.257 bits per heavy atom. The number of benzene rings is 10. The second-order valence-corrected chi connectivity index (χ2v) is 18.0. The summed E-state index contributed by atoms with van der Waals surface area (Å²) in [5.74, 6) is 0. The van der Waals surface area contributed by atoms with Crippen molar-refractivity contribution in [3.05, 3.63) is 240 Å². The standard InChI is InChI=1S/C66H34N8/c67-35-41-7-3-12-45(25-41)49-17-21-56-57-22-18-50(46-13-4-8-42(26-46)36-68)30-62(57)73(61(56)29-49)65-33-54(55-16-2-1-11-53(55)39-71)34-66(60(65)40-72)74-63-31-51(47-14-5-9-43(27-47)37-69)19-23-58(63)59-24-20-52(32-64(59)74)48-15-6-10-44(28-48)38-70/h1-34H. The number of nitrogens with zero attached hydrogens (tertiary/aromatic N) is 8. The molecule has 0 aliphatic rings. The first-order chi connectivity index (χ1) is 36.4. The van der Waals surface area contributed by atoms with E-state index >= 15 is 0 Å². The van der Waals surface area contributed by atoms with E-state index in [4.69, 9.17) is 0 Å².